The van der Waals surface area contributed by atoms with E-state index in [-0.39, 0.29) is 11.8 Å². The molecule has 2 aromatic rings. The van der Waals surface area contributed by atoms with Crippen LogP contribution in [0.25, 0.3) is 0 Å². The Morgan fingerprint density at radius 2 is 1.81 bits per heavy atom. The largest absolute Gasteiger partial charge is 0.497 e. The SMILES string of the molecule is COc1ccc(CN(C(=O)C2CN(C(=O)OC(C)(C)C)C2)c2cccc(Cl)c2I)cc1. The number of rotatable bonds is 5. The average Bonchev–Trinajstić information content (AvgIpc) is 2.66. The molecule has 1 fully saturated rings. The van der Waals surface area contributed by atoms with Crippen LogP contribution in [-0.4, -0.2) is 42.7 Å². The van der Waals surface area contributed by atoms with Crippen LogP contribution in [-0.2, 0) is 16.1 Å². The van der Waals surface area contributed by atoms with Crippen LogP contribution in [0.4, 0.5) is 10.5 Å². The third-order valence-electron chi connectivity index (χ3n) is 4.87. The maximum Gasteiger partial charge on any atom is 0.410 e. The van der Waals surface area contributed by atoms with E-state index >= 15 is 0 Å². The van der Waals surface area contributed by atoms with Crippen LogP contribution < -0.4 is 9.64 Å². The van der Waals surface area contributed by atoms with E-state index in [1.165, 1.54) is 0 Å². The lowest BCUT2D eigenvalue weighted by Crippen LogP contribution is -2.57. The molecule has 0 aromatic heterocycles. The van der Waals surface area contributed by atoms with Gasteiger partial charge in [0.2, 0.25) is 5.91 Å². The number of anilines is 1. The van der Waals surface area contributed by atoms with Crippen molar-refractivity contribution in [2.75, 3.05) is 25.1 Å². The number of hydrogen-bond acceptors (Lipinski definition) is 4. The van der Waals surface area contributed by atoms with E-state index in [1.54, 1.807) is 23.0 Å². The molecular weight excluding hydrogens is 531 g/mol. The van der Waals surface area contributed by atoms with Crippen LogP contribution in [0.3, 0.4) is 0 Å². The highest BCUT2D eigenvalue weighted by Crippen LogP contribution is 2.33. The summed E-state index contributed by atoms with van der Waals surface area (Å²) < 4.78 is 11.4. The first-order valence-corrected chi connectivity index (χ1v) is 11.4. The standard InChI is InChI=1S/C23H26ClIN2O4/c1-23(2,3)31-22(29)26-13-16(14-26)21(28)27(19-7-5-6-18(24)20(19)25)12-15-8-10-17(30-4)11-9-15/h5-11,16H,12-14H2,1-4H3. The Balaban J connectivity index is 1.79. The molecule has 1 saturated heterocycles. The topological polar surface area (TPSA) is 59.1 Å². The van der Waals surface area contributed by atoms with Gasteiger partial charge in [-0.3, -0.25) is 4.79 Å². The number of likely N-dealkylation sites (tertiary alicyclic amines) is 1. The summed E-state index contributed by atoms with van der Waals surface area (Å²) in [4.78, 5) is 29.0. The highest BCUT2D eigenvalue weighted by atomic mass is 127. The van der Waals surface area contributed by atoms with Gasteiger partial charge < -0.3 is 19.3 Å². The van der Waals surface area contributed by atoms with Crippen molar-refractivity contribution in [1.82, 2.24) is 4.90 Å². The quantitative estimate of drug-likeness (QED) is 0.466. The van der Waals surface area contributed by atoms with E-state index in [2.05, 4.69) is 22.6 Å². The second-order valence-electron chi connectivity index (χ2n) is 8.43. The van der Waals surface area contributed by atoms with E-state index in [0.717, 1.165) is 20.6 Å². The average molecular weight is 557 g/mol. The third-order valence-corrected chi connectivity index (χ3v) is 6.64. The predicted molar refractivity (Wildman–Crippen MR) is 130 cm³/mol. The van der Waals surface area contributed by atoms with Gasteiger partial charge in [0, 0.05) is 13.1 Å². The molecule has 0 aliphatic carbocycles. The molecule has 0 spiro atoms. The van der Waals surface area contributed by atoms with E-state index in [9.17, 15) is 9.59 Å². The fraction of sp³-hybridized carbons (Fsp3) is 0.391. The monoisotopic (exact) mass is 556 g/mol. The third kappa shape index (κ3) is 5.83. The molecule has 2 aromatic carbocycles. The number of methoxy groups -OCH3 is 1. The molecule has 1 aliphatic rings. The molecule has 0 saturated carbocycles. The maximum atomic E-state index is 13.4. The summed E-state index contributed by atoms with van der Waals surface area (Å²) in [6.45, 7) is 6.54. The number of halogens is 2. The lowest BCUT2D eigenvalue weighted by Gasteiger charge is -2.41. The Bertz CT molecular complexity index is 953. The first kappa shape index (κ1) is 23.7. The van der Waals surface area contributed by atoms with Gasteiger partial charge in [-0.05, 0) is 73.2 Å². The summed E-state index contributed by atoms with van der Waals surface area (Å²) >= 11 is 8.49. The Hall–Kier alpha value is -2.00. The molecule has 0 bridgehead atoms. The van der Waals surface area contributed by atoms with Crippen molar-refractivity contribution < 1.29 is 19.1 Å². The molecule has 31 heavy (non-hydrogen) atoms. The zero-order valence-electron chi connectivity index (χ0n) is 18.0. The molecule has 6 nitrogen and oxygen atoms in total. The first-order chi connectivity index (χ1) is 14.6. The van der Waals surface area contributed by atoms with Gasteiger partial charge in [-0.15, -0.1) is 0 Å². The number of carbonyl (C=O) groups excluding carboxylic acids is 2. The number of ether oxygens (including phenoxy) is 2. The van der Waals surface area contributed by atoms with Crippen molar-refractivity contribution in [1.29, 1.82) is 0 Å². The van der Waals surface area contributed by atoms with Gasteiger partial charge in [-0.25, -0.2) is 4.79 Å². The van der Waals surface area contributed by atoms with Crippen molar-refractivity contribution >= 4 is 51.9 Å². The Labute approximate surface area is 201 Å². The fourth-order valence-corrected chi connectivity index (χ4v) is 4.05. The summed E-state index contributed by atoms with van der Waals surface area (Å²) in [7, 11) is 1.62. The predicted octanol–water partition coefficient (Wildman–Crippen LogP) is 5.35. The summed E-state index contributed by atoms with van der Waals surface area (Å²) in [6.07, 6.45) is -0.393. The minimum Gasteiger partial charge on any atom is -0.497 e. The Morgan fingerprint density at radius 3 is 2.39 bits per heavy atom. The molecule has 0 atom stereocenters. The molecule has 0 unspecified atom stereocenters. The van der Waals surface area contributed by atoms with Crippen LogP contribution >= 0.6 is 34.2 Å². The van der Waals surface area contributed by atoms with E-state index < -0.39 is 11.7 Å². The van der Waals surface area contributed by atoms with Crippen molar-refractivity contribution in [3.63, 3.8) is 0 Å². The van der Waals surface area contributed by atoms with Crippen molar-refractivity contribution in [3.8, 4) is 5.75 Å². The van der Waals surface area contributed by atoms with Crippen molar-refractivity contribution in [2.45, 2.75) is 32.9 Å². The van der Waals surface area contributed by atoms with Crippen LogP contribution in [0, 0.1) is 9.49 Å². The van der Waals surface area contributed by atoms with Crippen LogP contribution in [0.15, 0.2) is 42.5 Å². The van der Waals surface area contributed by atoms with Crippen molar-refractivity contribution in [3.05, 3.63) is 56.6 Å². The minimum atomic E-state index is -0.566. The van der Waals surface area contributed by atoms with Crippen LogP contribution in [0.1, 0.15) is 26.3 Å². The smallest absolute Gasteiger partial charge is 0.410 e. The zero-order valence-corrected chi connectivity index (χ0v) is 20.9. The highest BCUT2D eigenvalue weighted by Gasteiger charge is 2.40. The maximum absolute atomic E-state index is 13.4. The van der Waals surface area contributed by atoms with E-state index in [4.69, 9.17) is 21.1 Å². The number of nitrogens with zero attached hydrogens (tertiary/aromatic N) is 2. The first-order valence-electron chi connectivity index (χ1n) is 9.95. The summed E-state index contributed by atoms with van der Waals surface area (Å²) in [5.74, 6) is 0.419. The van der Waals surface area contributed by atoms with Gasteiger partial charge >= 0.3 is 6.09 Å². The molecule has 1 heterocycles. The Morgan fingerprint density at radius 1 is 1.16 bits per heavy atom. The lowest BCUT2D eigenvalue weighted by molar-refractivity contribution is -0.127. The van der Waals surface area contributed by atoms with E-state index in [0.29, 0.717) is 24.7 Å². The number of carbonyl (C=O) groups is 2. The summed E-state index contributed by atoms with van der Waals surface area (Å²) in [5.41, 5.74) is 1.15. The Kier molecular flexibility index (Phi) is 7.36. The minimum absolute atomic E-state index is 0.0455. The zero-order chi connectivity index (χ0) is 22.8. The highest BCUT2D eigenvalue weighted by molar-refractivity contribution is 14.1. The molecule has 0 N–H and O–H groups in total. The molecule has 3 rings (SSSR count). The second kappa shape index (κ2) is 9.65. The summed E-state index contributed by atoms with van der Waals surface area (Å²) in [6, 6.07) is 13.1. The second-order valence-corrected chi connectivity index (χ2v) is 9.91. The van der Waals surface area contributed by atoms with Gasteiger partial charge in [-0.1, -0.05) is 29.8 Å². The van der Waals surface area contributed by atoms with Crippen molar-refractivity contribution in [2.24, 2.45) is 5.92 Å². The van der Waals surface area contributed by atoms with Gasteiger partial charge in [0.1, 0.15) is 11.4 Å². The molecule has 0 radical (unpaired) electrons. The van der Waals surface area contributed by atoms with Gasteiger partial charge in [0.05, 0.1) is 33.9 Å². The van der Waals surface area contributed by atoms with Gasteiger partial charge in [0.25, 0.3) is 0 Å². The van der Waals surface area contributed by atoms with Gasteiger partial charge in [-0.2, -0.15) is 0 Å². The van der Waals surface area contributed by atoms with E-state index in [1.807, 2.05) is 57.2 Å². The number of amides is 2. The van der Waals surface area contributed by atoms with Gasteiger partial charge in [0.15, 0.2) is 0 Å². The summed E-state index contributed by atoms with van der Waals surface area (Å²) in [5, 5.41) is 0.592. The normalized spacial score (nSPS) is 14.1. The molecular formula is C23H26ClIN2O4. The molecule has 166 valence electrons. The fourth-order valence-electron chi connectivity index (χ4n) is 3.23. The molecule has 8 heteroatoms. The van der Waals surface area contributed by atoms with Crippen LogP contribution in [0.2, 0.25) is 5.02 Å². The number of hydrogen-bond donors (Lipinski definition) is 0. The molecule has 1 aliphatic heterocycles. The van der Waals surface area contributed by atoms with Crippen LogP contribution in [0.5, 0.6) is 5.75 Å². The molecule has 2 amide bonds. The number of benzene rings is 2. The lowest BCUT2D eigenvalue weighted by atomic mass is 9.98.